The summed E-state index contributed by atoms with van der Waals surface area (Å²) in [6.45, 7) is 5.35. The number of thiophene rings is 1. The van der Waals surface area contributed by atoms with Crippen LogP contribution in [0.4, 0.5) is 10.1 Å². The van der Waals surface area contributed by atoms with Crippen molar-refractivity contribution in [3.05, 3.63) is 65.3 Å². The quantitative estimate of drug-likeness (QED) is 0.694. The molecule has 2 heterocycles. The van der Waals surface area contributed by atoms with Crippen molar-refractivity contribution in [2.24, 2.45) is 0 Å². The normalized spacial score (nSPS) is 16.0. The second kappa shape index (κ2) is 6.91. The van der Waals surface area contributed by atoms with Gasteiger partial charge in [-0.2, -0.15) is 0 Å². The van der Waals surface area contributed by atoms with Gasteiger partial charge in [0, 0.05) is 48.5 Å². The van der Waals surface area contributed by atoms with E-state index in [1.54, 1.807) is 12.1 Å². The smallest absolute Gasteiger partial charge is 0.123 e. The summed E-state index contributed by atoms with van der Waals surface area (Å²) in [6, 6.07) is 15.7. The fourth-order valence-corrected chi connectivity index (χ4v) is 4.21. The molecule has 0 unspecified atom stereocenters. The highest BCUT2D eigenvalue weighted by molar-refractivity contribution is 7.17. The lowest BCUT2D eigenvalue weighted by atomic mass is 10.1. The lowest BCUT2D eigenvalue weighted by Crippen LogP contribution is -2.47. The van der Waals surface area contributed by atoms with E-state index in [2.05, 4.69) is 39.4 Å². The standard InChI is InChI=1S/C20H21FN2S/c21-17-6-4-16(5-7-17)8-10-22-11-13-23(14-12-22)19-2-1-3-20-18(19)9-15-24-20/h1-7,9,15H,8,10-14H2. The fourth-order valence-electron chi connectivity index (χ4n) is 3.40. The van der Waals surface area contributed by atoms with Gasteiger partial charge >= 0.3 is 0 Å². The molecule has 1 aromatic heterocycles. The molecule has 4 heteroatoms. The summed E-state index contributed by atoms with van der Waals surface area (Å²) < 4.78 is 14.3. The minimum Gasteiger partial charge on any atom is -0.368 e. The number of hydrogen-bond donors (Lipinski definition) is 0. The molecule has 1 saturated heterocycles. The van der Waals surface area contributed by atoms with Crippen LogP contribution in [0.15, 0.2) is 53.9 Å². The van der Waals surface area contributed by atoms with E-state index in [4.69, 9.17) is 0 Å². The third-order valence-corrected chi connectivity index (χ3v) is 5.70. The van der Waals surface area contributed by atoms with Crippen LogP contribution in [0.25, 0.3) is 10.1 Å². The molecule has 24 heavy (non-hydrogen) atoms. The molecule has 0 amide bonds. The van der Waals surface area contributed by atoms with Crippen LogP contribution >= 0.6 is 11.3 Å². The Morgan fingerprint density at radius 3 is 2.50 bits per heavy atom. The summed E-state index contributed by atoms with van der Waals surface area (Å²) in [7, 11) is 0. The minimum atomic E-state index is -0.157. The summed E-state index contributed by atoms with van der Waals surface area (Å²) in [5, 5.41) is 3.55. The number of fused-ring (bicyclic) bond motifs is 1. The number of anilines is 1. The van der Waals surface area contributed by atoms with Gasteiger partial charge in [-0.1, -0.05) is 18.2 Å². The third kappa shape index (κ3) is 3.30. The maximum Gasteiger partial charge on any atom is 0.123 e. The van der Waals surface area contributed by atoms with Crippen LogP contribution in [-0.2, 0) is 6.42 Å². The third-order valence-electron chi connectivity index (χ3n) is 4.82. The van der Waals surface area contributed by atoms with E-state index in [9.17, 15) is 4.39 Å². The van der Waals surface area contributed by atoms with Crippen molar-refractivity contribution in [2.45, 2.75) is 6.42 Å². The molecule has 1 aliphatic heterocycles. The number of nitrogens with zero attached hydrogens (tertiary/aromatic N) is 2. The average Bonchev–Trinajstić information content (AvgIpc) is 3.10. The van der Waals surface area contributed by atoms with Crippen molar-refractivity contribution in [2.75, 3.05) is 37.6 Å². The molecular formula is C20H21FN2S. The zero-order valence-corrected chi connectivity index (χ0v) is 14.4. The van der Waals surface area contributed by atoms with Crippen molar-refractivity contribution in [3.63, 3.8) is 0 Å². The van der Waals surface area contributed by atoms with Crippen LogP contribution in [-0.4, -0.2) is 37.6 Å². The van der Waals surface area contributed by atoms with Gasteiger partial charge in [0.25, 0.3) is 0 Å². The van der Waals surface area contributed by atoms with Crippen LogP contribution < -0.4 is 4.90 Å². The molecule has 0 radical (unpaired) electrons. The molecule has 1 fully saturated rings. The molecule has 2 aromatic carbocycles. The first-order valence-corrected chi connectivity index (χ1v) is 9.35. The summed E-state index contributed by atoms with van der Waals surface area (Å²) in [5.74, 6) is -0.157. The van der Waals surface area contributed by atoms with Crippen molar-refractivity contribution in [3.8, 4) is 0 Å². The summed E-state index contributed by atoms with van der Waals surface area (Å²) in [6.07, 6.45) is 0.987. The summed E-state index contributed by atoms with van der Waals surface area (Å²) in [4.78, 5) is 5.01. The minimum absolute atomic E-state index is 0.157. The Balaban J connectivity index is 1.35. The molecular weight excluding hydrogens is 319 g/mol. The van der Waals surface area contributed by atoms with E-state index >= 15 is 0 Å². The Morgan fingerprint density at radius 1 is 0.917 bits per heavy atom. The van der Waals surface area contributed by atoms with Crippen molar-refractivity contribution in [1.82, 2.24) is 4.90 Å². The number of rotatable bonds is 4. The molecule has 0 bridgehead atoms. The van der Waals surface area contributed by atoms with Crippen LogP contribution in [0.1, 0.15) is 5.56 Å². The molecule has 0 N–H and O–H groups in total. The highest BCUT2D eigenvalue weighted by Crippen LogP contribution is 2.31. The highest BCUT2D eigenvalue weighted by atomic mass is 32.1. The first kappa shape index (κ1) is 15.6. The lowest BCUT2D eigenvalue weighted by molar-refractivity contribution is 0.261. The van der Waals surface area contributed by atoms with Gasteiger partial charge in [0.15, 0.2) is 0 Å². The average molecular weight is 340 g/mol. The van der Waals surface area contributed by atoms with E-state index in [1.807, 2.05) is 23.5 Å². The Hall–Kier alpha value is -1.91. The van der Waals surface area contributed by atoms with E-state index in [-0.39, 0.29) is 5.82 Å². The fraction of sp³-hybridized carbons (Fsp3) is 0.300. The predicted octanol–water partition coefficient (Wildman–Crippen LogP) is 4.41. The van der Waals surface area contributed by atoms with E-state index in [1.165, 1.54) is 21.3 Å². The van der Waals surface area contributed by atoms with Crippen molar-refractivity contribution in [1.29, 1.82) is 0 Å². The number of hydrogen-bond acceptors (Lipinski definition) is 3. The molecule has 1 aliphatic rings. The van der Waals surface area contributed by atoms with Gasteiger partial charge in [0.05, 0.1) is 0 Å². The van der Waals surface area contributed by atoms with Crippen LogP contribution in [0.3, 0.4) is 0 Å². The lowest BCUT2D eigenvalue weighted by Gasteiger charge is -2.36. The van der Waals surface area contributed by atoms with Gasteiger partial charge in [-0.3, -0.25) is 4.90 Å². The molecule has 4 rings (SSSR count). The number of benzene rings is 2. The van der Waals surface area contributed by atoms with Gasteiger partial charge in [0.2, 0.25) is 0 Å². The van der Waals surface area contributed by atoms with Crippen LogP contribution in [0.5, 0.6) is 0 Å². The largest absolute Gasteiger partial charge is 0.368 e. The maximum absolute atomic E-state index is 13.0. The second-order valence-electron chi connectivity index (χ2n) is 6.31. The molecule has 0 spiro atoms. The number of piperazine rings is 1. The highest BCUT2D eigenvalue weighted by Gasteiger charge is 2.18. The summed E-state index contributed by atoms with van der Waals surface area (Å²) >= 11 is 1.81. The van der Waals surface area contributed by atoms with E-state index in [0.717, 1.165) is 39.1 Å². The Labute approximate surface area is 146 Å². The molecule has 0 saturated carbocycles. The first-order chi connectivity index (χ1) is 11.8. The van der Waals surface area contributed by atoms with Crippen molar-refractivity contribution >= 4 is 27.1 Å². The maximum atomic E-state index is 13.0. The Morgan fingerprint density at radius 2 is 1.71 bits per heavy atom. The monoisotopic (exact) mass is 340 g/mol. The first-order valence-electron chi connectivity index (χ1n) is 8.47. The molecule has 2 nitrogen and oxygen atoms in total. The molecule has 0 aliphatic carbocycles. The molecule has 0 atom stereocenters. The Kier molecular flexibility index (Phi) is 4.50. The van der Waals surface area contributed by atoms with Crippen molar-refractivity contribution < 1.29 is 4.39 Å². The number of halogens is 1. The van der Waals surface area contributed by atoms with Gasteiger partial charge < -0.3 is 4.90 Å². The predicted molar refractivity (Wildman–Crippen MR) is 101 cm³/mol. The van der Waals surface area contributed by atoms with E-state index < -0.39 is 0 Å². The molecule has 124 valence electrons. The second-order valence-corrected chi connectivity index (χ2v) is 7.26. The zero-order valence-electron chi connectivity index (χ0n) is 13.6. The van der Waals surface area contributed by atoms with Crippen LogP contribution in [0.2, 0.25) is 0 Å². The van der Waals surface area contributed by atoms with E-state index in [0.29, 0.717) is 0 Å². The topological polar surface area (TPSA) is 6.48 Å². The SMILES string of the molecule is Fc1ccc(CCN2CCN(c3cccc4sccc34)CC2)cc1. The Bertz CT molecular complexity index is 804. The molecule has 3 aromatic rings. The zero-order chi connectivity index (χ0) is 16.4. The van der Waals surface area contributed by atoms with Gasteiger partial charge in [0.1, 0.15) is 5.82 Å². The van der Waals surface area contributed by atoms with Crippen LogP contribution in [0, 0.1) is 5.82 Å². The summed E-state index contributed by atoms with van der Waals surface area (Å²) in [5.41, 5.74) is 2.58. The van der Waals surface area contributed by atoms with Gasteiger partial charge in [-0.05, 0) is 47.7 Å². The van der Waals surface area contributed by atoms with Gasteiger partial charge in [-0.25, -0.2) is 4.39 Å². The van der Waals surface area contributed by atoms with Gasteiger partial charge in [-0.15, -0.1) is 11.3 Å².